The summed E-state index contributed by atoms with van der Waals surface area (Å²) in [5, 5.41) is 4.41. The van der Waals surface area contributed by atoms with Gasteiger partial charge in [0.2, 0.25) is 5.95 Å². The number of aromatic amines is 2. The van der Waals surface area contributed by atoms with Crippen LogP contribution >= 0.6 is 11.6 Å². The SMILES string of the molecule is FC(F)(F)c1cnc2nc(Nc3cc(Cl)c4cc[nH]c4c3)[nH]c2c1. The second-order valence-electron chi connectivity index (χ2n) is 5.20. The van der Waals surface area contributed by atoms with Crippen molar-refractivity contribution in [2.45, 2.75) is 6.18 Å². The van der Waals surface area contributed by atoms with Gasteiger partial charge in [0.15, 0.2) is 5.65 Å². The number of aromatic nitrogens is 4. The van der Waals surface area contributed by atoms with Crippen molar-refractivity contribution in [1.82, 2.24) is 19.9 Å². The van der Waals surface area contributed by atoms with Gasteiger partial charge >= 0.3 is 6.18 Å². The third kappa shape index (κ3) is 2.54. The van der Waals surface area contributed by atoms with E-state index in [0.717, 1.165) is 23.2 Å². The number of hydrogen-bond acceptors (Lipinski definition) is 3. The molecule has 0 atom stereocenters. The quantitative estimate of drug-likeness (QED) is 0.483. The van der Waals surface area contributed by atoms with Crippen LogP contribution in [0.3, 0.4) is 0 Å². The molecule has 0 saturated heterocycles. The molecule has 4 rings (SSSR count). The van der Waals surface area contributed by atoms with Crippen LogP contribution in [0.25, 0.3) is 22.1 Å². The number of hydrogen-bond donors (Lipinski definition) is 3. The van der Waals surface area contributed by atoms with E-state index in [1.807, 2.05) is 12.1 Å². The predicted octanol–water partition coefficient (Wildman–Crippen LogP) is 4.86. The average Bonchev–Trinajstić information content (AvgIpc) is 3.11. The molecular formula is C15H9ClF3N5. The molecule has 0 bridgehead atoms. The molecule has 3 aromatic heterocycles. The van der Waals surface area contributed by atoms with Crippen molar-refractivity contribution >= 4 is 45.3 Å². The Balaban J connectivity index is 1.70. The lowest BCUT2D eigenvalue weighted by Gasteiger charge is -2.04. The third-order valence-electron chi connectivity index (χ3n) is 3.55. The van der Waals surface area contributed by atoms with Crippen molar-refractivity contribution in [3.05, 3.63) is 47.2 Å². The number of pyridine rings is 1. The summed E-state index contributed by atoms with van der Waals surface area (Å²) in [6.45, 7) is 0. The van der Waals surface area contributed by atoms with Crippen molar-refractivity contribution < 1.29 is 13.2 Å². The summed E-state index contributed by atoms with van der Waals surface area (Å²) in [7, 11) is 0. The lowest BCUT2D eigenvalue weighted by molar-refractivity contribution is -0.137. The number of benzene rings is 1. The van der Waals surface area contributed by atoms with Gasteiger partial charge in [-0.1, -0.05) is 11.6 Å². The van der Waals surface area contributed by atoms with Crippen LogP contribution in [0.15, 0.2) is 36.7 Å². The van der Waals surface area contributed by atoms with Gasteiger partial charge in [-0.2, -0.15) is 18.2 Å². The normalized spacial score (nSPS) is 12.2. The zero-order valence-electron chi connectivity index (χ0n) is 11.9. The zero-order chi connectivity index (χ0) is 16.9. The Hall–Kier alpha value is -2.74. The minimum Gasteiger partial charge on any atom is -0.361 e. The molecule has 122 valence electrons. The van der Waals surface area contributed by atoms with Gasteiger partial charge in [-0.25, -0.2) is 4.98 Å². The van der Waals surface area contributed by atoms with Gasteiger partial charge in [0, 0.05) is 29.0 Å². The first-order chi connectivity index (χ1) is 11.4. The Bertz CT molecular complexity index is 1050. The first kappa shape index (κ1) is 14.8. The Morgan fingerprint density at radius 2 is 1.96 bits per heavy atom. The van der Waals surface area contributed by atoms with Crippen molar-refractivity contribution in [3.63, 3.8) is 0 Å². The summed E-state index contributed by atoms with van der Waals surface area (Å²) in [6, 6.07) is 6.36. The molecule has 0 aliphatic rings. The van der Waals surface area contributed by atoms with Crippen LogP contribution in [-0.2, 0) is 6.18 Å². The molecule has 1 aromatic carbocycles. The maximum atomic E-state index is 12.7. The molecule has 3 heterocycles. The van der Waals surface area contributed by atoms with Crippen LogP contribution in [0.1, 0.15) is 5.56 Å². The largest absolute Gasteiger partial charge is 0.417 e. The highest BCUT2D eigenvalue weighted by Gasteiger charge is 2.31. The molecule has 0 aliphatic carbocycles. The zero-order valence-corrected chi connectivity index (χ0v) is 12.6. The fourth-order valence-corrected chi connectivity index (χ4v) is 2.73. The van der Waals surface area contributed by atoms with E-state index in [1.54, 1.807) is 12.3 Å². The maximum Gasteiger partial charge on any atom is 0.417 e. The van der Waals surface area contributed by atoms with E-state index < -0.39 is 11.7 Å². The molecule has 0 unspecified atom stereocenters. The minimum absolute atomic E-state index is 0.192. The predicted molar refractivity (Wildman–Crippen MR) is 85.5 cm³/mol. The number of nitrogens with zero attached hydrogens (tertiary/aromatic N) is 2. The van der Waals surface area contributed by atoms with Crippen LogP contribution in [0.2, 0.25) is 5.02 Å². The molecule has 0 spiro atoms. The summed E-state index contributed by atoms with van der Waals surface area (Å²) in [6.07, 6.45) is -1.93. The summed E-state index contributed by atoms with van der Waals surface area (Å²) in [5.41, 5.74) is 1.03. The van der Waals surface area contributed by atoms with Crippen LogP contribution in [0, 0.1) is 0 Å². The molecule has 4 aromatic rings. The summed E-state index contributed by atoms with van der Waals surface area (Å²) >= 11 is 6.19. The fourth-order valence-electron chi connectivity index (χ4n) is 2.44. The van der Waals surface area contributed by atoms with Crippen molar-refractivity contribution in [2.24, 2.45) is 0 Å². The number of rotatable bonds is 2. The smallest absolute Gasteiger partial charge is 0.361 e. The highest BCUT2D eigenvalue weighted by Crippen LogP contribution is 2.31. The van der Waals surface area contributed by atoms with Crippen LogP contribution in [-0.4, -0.2) is 19.9 Å². The summed E-state index contributed by atoms with van der Waals surface area (Å²) < 4.78 is 38.2. The minimum atomic E-state index is -4.45. The summed E-state index contributed by atoms with van der Waals surface area (Å²) in [4.78, 5) is 13.7. The lowest BCUT2D eigenvalue weighted by atomic mass is 10.2. The molecule has 3 N–H and O–H groups in total. The maximum absolute atomic E-state index is 12.7. The Labute approximate surface area is 137 Å². The molecular weight excluding hydrogens is 343 g/mol. The number of imidazole rings is 1. The number of anilines is 2. The van der Waals surface area contributed by atoms with E-state index in [2.05, 4.69) is 25.3 Å². The molecule has 0 radical (unpaired) electrons. The number of alkyl halides is 3. The van der Waals surface area contributed by atoms with E-state index in [-0.39, 0.29) is 17.1 Å². The van der Waals surface area contributed by atoms with Gasteiger partial charge in [0.25, 0.3) is 0 Å². The fraction of sp³-hybridized carbons (Fsp3) is 0.0667. The van der Waals surface area contributed by atoms with Gasteiger partial charge in [-0.3, -0.25) is 0 Å². The van der Waals surface area contributed by atoms with Crippen molar-refractivity contribution in [3.8, 4) is 0 Å². The van der Waals surface area contributed by atoms with Gasteiger partial charge in [-0.15, -0.1) is 0 Å². The first-order valence-electron chi connectivity index (χ1n) is 6.87. The second-order valence-corrected chi connectivity index (χ2v) is 5.61. The average molecular weight is 352 g/mol. The van der Waals surface area contributed by atoms with Crippen LogP contribution in [0.4, 0.5) is 24.8 Å². The topological polar surface area (TPSA) is 69.4 Å². The second kappa shape index (κ2) is 5.13. The van der Waals surface area contributed by atoms with Crippen LogP contribution in [0.5, 0.6) is 0 Å². The van der Waals surface area contributed by atoms with Gasteiger partial charge < -0.3 is 15.3 Å². The van der Waals surface area contributed by atoms with E-state index in [0.29, 0.717) is 10.7 Å². The monoisotopic (exact) mass is 351 g/mol. The Morgan fingerprint density at radius 1 is 1.12 bits per heavy atom. The van der Waals surface area contributed by atoms with Crippen molar-refractivity contribution in [2.75, 3.05) is 5.32 Å². The first-order valence-corrected chi connectivity index (χ1v) is 7.24. The molecule has 0 fully saturated rings. The number of halogens is 4. The molecule has 0 aliphatic heterocycles. The van der Waals surface area contributed by atoms with E-state index >= 15 is 0 Å². The van der Waals surface area contributed by atoms with Crippen molar-refractivity contribution in [1.29, 1.82) is 0 Å². The van der Waals surface area contributed by atoms with E-state index in [4.69, 9.17) is 11.6 Å². The van der Waals surface area contributed by atoms with Gasteiger partial charge in [0.05, 0.1) is 16.1 Å². The van der Waals surface area contributed by atoms with E-state index in [1.165, 1.54) is 0 Å². The Kier molecular flexibility index (Phi) is 3.17. The Morgan fingerprint density at radius 3 is 2.75 bits per heavy atom. The van der Waals surface area contributed by atoms with E-state index in [9.17, 15) is 13.2 Å². The molecule has 24 heavy (non-hydrogen) atoms. The molecule has 0 saturated carbocycles. The van der Waals surface area contributed by atoms with Gasteiger partial charge in [-0.05, 0) is 24.3 Å². The number of fused-ring (bicyclic) bond motifs is 2. The molecule has 0 amide bonds. The third-order valence-corrected chi connectivity index (χ3v) is 3.86. The molecule has 5 nitrogen and oxygen atoms in total. The molecule has 9 heteroatoms. The van der Waals surface area contributed by atoms with Crippen LogP contribution < -0.4 is 5.32 Å². The van der Waals surface area contributed by atoms with Gasteiger partial charge in [0.1, 0.15) is 0 Å². The number of nitrogens with one attached hydrogen (secondary N) is 3. The standard InChI is InChI=1S/C15H9ClF3N5/c16-10-4-8(5-11-9(10)1-2-20-11)22-14-23-12-3-7(15(17,18)19)6-21-13(12)24-14/h1-6,20H,(H2,21,22,23,24). The summed E-state index contributed by atoms with van der Waals surface area (Å²) in [5.74, 6) is 0.277. The highest BCUT2D eigenvalue weighted by molar-refractivity contribution is 6.35. The lowest BCUT2D eigenvalue weighted by Crippen LogP contribution is -2.05. The highest BCUT2D eigenvalue weighted by atomic mass is 35.5. The number of H-pyrrole nitrogens is 2.